The first-order valence-electron chi connectivity index (χ1n) is 22.9. The lowest BCUT2D eigenvalue weighted by Crippen LogP contribution is -2.70. The Morgan fingerprint density at radius 3 is 1.62 bits per heavy atom. The summed E-state index contributed by atoms with van der Waals surface area (Å²) in [6.07, 6.45) is -0.591. The van der Waals surface area contributed by atoms with Gasteiger partial charge < -0.3 is 32.7 Å². The molecule has 2 saturated heterocycles. The Balaban J connectivity index is 1.77. The molecule has 2 aromatic rings. The molecular formula is C48H89N3O5Si4. The number of morpholine rings is 1. The highest BCUT2D eigenvalue weighted by atomic mass is 28.4. The second-order valence-corrected chi connectivity index (χ2v) is 43.1. The first-order valence-corrected chi connectivity index (χ1v) is 34.5. The average Bonchev–Trinajstić information content (AvgIpc) is 3.10. The number of nitrogens with zero attached hydrogens (tertiary/aromatic N) is 2. The molecule has 12 heteroatoms. The highest BCUT2D eigenvalue weighted by molar-refractivity contribution is 6.75. The number of ether oxygens (including phenoxy) is 1. The molecule has 0 amide bonds. The van der Waals surface area contributed by atoms with Gasteiger partial charge >= 0.3 is 0 Å². The molecule has 60 heavy (non-hydrogen) atoms. The molecule has 0 spiro atoms. The molecule has 4 rings (SSSR count). The van der Waals surface area contributed by atoms with Crippen LogP contribution in [0.2, 0.25) is 72.5 Å². The number of hydrogen-bond donors (Lipinski definition) is 1. The molecule has 0 bridgehead atoms. The molecule has 0 radical (unpaired) electrons. The average molecular weight is 901 g/mol. The van der Waals surface area contributed by atoms with Gasteiger partial charge in [-0.2, -0.15) is 0 Å². The van der Waals surface area contributed by atoms with Crippen LogP contribution in [0.4, 0.5) is 11.4 Å². The number of nitrogens with one attached hydrogen (secondary N) is 1. The molecule has 2 aromatic carbocycles. The fourth-order valence-corrected chi connectivity index (χ4v) is 11.9. The third-order valence-electron chi connectivity index (χ3n) is 15.2. The van der Waals surface area contributed by atoms with Crippen molar-refractivity contribution in [2.75, 3.05) is 49.7 Å². The molecule has 2 fully saturated rings. The van der Waals surface area contributed by atoms with E-state index < -0.39 is 33.3 Å². The maximum atomic E-state index is 7.78. The Labute approximate surface area is 372 Å². The van der Waals surface area contributed by atoms with E-state index in [9.17, 15) is 0 Å². The van der Waals surface area contributed by atoms with Crippen LogP contribution in [0.5, 0.6) is 0 Å². The maximum absolute atomic E-state index is 7.78. The SMILES string of the molecule is CC(C)(C)[Si](C)(C)OC[C@@H]1C(O[Si](C)(C)C(C)(C)C)C(O[Si](C)(C)C(C)(C)C)C(O[Si](C)(C)C(C)(C)C)CN1Cc1cccc(CNc2ccc(N3CCOCC3)cc2)c1. The number of anilines is 2. The molecular weight excluding hydrogens is 811 g/mol. The van der Waals surface area contributed by atoms with Crippen LogP contribution in [0.1, 0.15) is 94.2 Å². The number of benzene rings is 2. The van der Waals surface area contributed by atoms with Crippen LogP contribution in [-0.2, 0) is 35.5 Å². The van der Waals surface area contributed by atoms with Crippen LogP contribution in [0.25, 0.3) is 0 Å². The van der Waals surface area contributed by atoms with E-state index in [0.29, 0.717) is 6.61 Å². The second-order valence-electron chi connectivity index (χ2n) is 24.0. The second kappa shape index (κ2) is 19.0. The smallest absolute Gasteiger partial charge is 0.192 e. The van der Waals surface area contributed by atoms with E-state index >= 15 is 0 Å². The van der Waals surface area contributed by atoms with Gasteiger partial charge in [0.2, 0.25) is 0 Å². The van der Waals surface area contributed by atoms with Crippen LogP contribution in [-0.4, -0.2) is 102 Å². The van der Waals surface area contributed by atoms with E-state index in [1.165, 1.54) is 16.8 Å². The quantitative estimate of drug-likeness (QED) is 0.177. The van der Waals surface area contributed by atoms with Crippen LogP contribution in [0.15, 0.2) is 48.5 Å². The lowest BCUT2D eigenvalue weighted by Gasteiger charge is -2.56. The fraction of sp³-hybridized carbons (Fsp3) is 0.750. The van der Waals surface area contributed by atoms with Gasteiger partial charge in [0, 0.05) is 44.1 Å². The zero-order valence-electron chi connectivity index (χ0n) is 42.0. The van der Waals surface area contributed by atoms with Crippen molar-refractivity contribution in [3.8, 4) is 0 Å². The van der Waals surface area contributed by atoms with Gasteiger partial charge in [-0.15, -0.1) is 0 Å². The molecule has 0 saturated carbocycles. The number of rotatable bonds is 15. The van der Waals surface area contributed by atoms with E-state index in [0.717, 1.165) is 51.6 Å². The molecule has 3 unspecified atom stereocenters. The summed E-state index contributed by atoms with van der Waals surface area (Å²) in [5.41, 5.74) is 4.93. The third-order valence-corrected chi connectivity index (χ3v) is 33.2. The van der Waals surface area contributed by atoms with E-state index in [2.05, 4.69) is 199 Å². The van der Waals surface area contributed by atoms with Gasteiger partial charge in [-0.05, 0) is 108 Å². The highest BCUT2D eigenvalue weighted by Crippen LogP contribution is 2.46. The Hall–Kier alpha value is -1.33. The summed E-state index contributed by atoms with van der Waals surface area (Å²) < 4.78 is 35.9. The Bertz CT molecular complexity index is 1670. The highest BCUT2D eigenvalue weighted by Gasteiger charge is 2.55. The van der Waals surface area contributed by atoms with Crippen LogP contribution < -0.4 is 10.2 Å². The van der Waals surface area contributed by atoms with Crippen molar-refractivity contribution in [1.29, 1.82) is 0 Å². The third kappa shape index (κ3) is 12.9. The monoisotopic (exact) mass is 900 g/mol. The number of piperidine rings is 1. The molecule has 0 aliphatic carbocycles. The van der Waals surface area contributed by atoms with Gasteiger partial charge in [0.15, 0.2) is 33.3 Å². The van der Waals surface area contributed by atoms with E-state index in [1.807, 2.05) is 0 Å². The fourth-order valence-electron chi connectivity index (χ4n) is 6.87. The standard InChI is InChI=1S/C48H89N3O5Si4/c1-45(2,3)57(13,14)53-36-41-43(55-59(17,18)47(7,8)9)44(56-60(19,20)48(10,11)12)42(54-58(15,16)46(4,5)6)35-51(41)34-38-23-21-22-37(32-38)33-49-39-24-26-40(27-25-39)50-28-30-52-31-29-50/h21-27,32,41-44,49H,28-31,33-36H2,1-20H3/t41-,42?,43?,44?/m1/s1. The van der Waals surface area contributed by atoms with Crippen molar-refractivity contribution >= 4 is 44.6 Å². The molecule has 0 aromatic heterocycles. The van der Waals surface area contributed by atoms with Crippen molar-refractivity contribution in [3.63, 3.8) is 0 Å². The number of hydrogen-bond acceptors (Lipinski definition) is 8. The van der Waals surface area contributed by atoms with Gasteiger partial charge in [0.1, 0.15) is 0 Å². The van der Waals surface area contributed by atoms with Gasteiger partial charge in [0.05, 0.1) is 44.2 Å². The van der Waals surface area contributed by atoms with Crippen molar-refractivity contribution in [2.45, 2.75) is 193 Å². The molecule has 2 aliphatic heterocycles. The number of likely N-dealkylation sites (tertiary alicyclic amines) is 1. The topological polar surface area (TPSA) is 64.7 Å². The first-order chi connectivity index (χ1) is 27.2. The maximum Gasteiger partial charge on any atom is 0.192 e. The minimum absolute atomic E-state index is 0.0155. The molecule has 8 nitrogen and oxygen atoms in total. The van der Waals surface area contributed by atoms with Gasteiger partial charge in [0.25, 0.3) is 0 Å². The minimum atomic E-state index is -2.32. The summed E-state index contributed by atoms with van der Waals surface area (Å²) in [5.74, 6) is 0. The zero-order chi connectivity index (χ0) is 45.3. The summed E-state index contributed by atoms with van der Waals surface area (Å²) in [6, 6.07) is 17.9. The van der Waals surface area contributed by atoms with E-state index in [4.69, 9.17) is 22.4 Å². The van der Waals surface area contributed by atoms with Crippen molar-refractivity contribution in [2.24, 2.45) is 0 Å². The Kier molecular flexibility index (Phi) is 16.3. The lowest BCUT2D eigenvalue weighted by atomic mass is 9.93. The summed E-state index contributed by atoms with van der Waals surface area (Å²) in [7, 11) is -8.96. The minimum Gasteiger partial charge on any atom is -0.415 e. The van der Waals surface area contributed by atoms with E-state index in [-0.39, 0.29) is 44.5 Å². The molecule has 342 valence electrons. The Morgan fingerprint density at radius 2 is 1.10 bits per heavy atom. The van der Waals surface area contributed by atoms with Crippen molar-refractivity contribution in [3.05, 3.63) is 59.7 Å². The molecule has 2 aliphatic rings. The van der Waals surface area contributed by atoms with Crippen LogP contribution in [0, 0.1) is 0 Å². The largest absolute Gasteiger partial charge is 0.415 e. The predicted octanol–water partition coefficient (Wildman–Crippen LogP) is 12.5. The van der Waals surface area contributed by atoms with Gasteiger partial charge in [-0.25, -0.2) is 0 Å². The summed E-state index contributed by atoms with van der Waals surface area (Å²) in [6.45, 7) is 53.6. The first kappa shape index (κ1) is 51.3. The molecule has 1 N–H and O–H groups in total. The van der Waals surface area contributed by atoms with Gasteiger partial charge in [-0.1, -0.05) is 107 Å². The van der Waals surface area contributed by atoms with Crippen LogP contribution >= 0.6 is 0 Å². The lowest BCUT2D eigenvalue weighted by molar-refractivity contribution is -0.130. The summed E-state index contributed by atoms with van der Waals surface area (Å²) >= 11 is 0. The Morgan fingerprint density at radius 1 is 0.617 bits per heavy atom. The summed E-state index contributed by atoms with van der Waals surface area (Å²) in [4.78, 5) is 5.05. The van der Waals surface area contributed by atoms with E-state index in [1.54, 1.807) is 0 Å². The summed E-state index contributed by atoms with van der Waals surface area (Å²) in [5, 5.41) is 3.87. The van der Waals surface area contributed by atoms with Crippen molar-refractivity contribution < 1.29 is 22.4 Å². The molecule has 4 atom stereocenters. The molecule has 2 heterocycles. The van der Waals surface area contributed by atoms with Crippen molar-refractivity contribution in [1.82, 2.24) is 4.90 Å². The zero-order valence-corrected chi connectivity index (χ0v) is 46.0. The normalized spacial score (nSPS) is 22.3. The predicted molar refractivity (Wildman–Crippen MR) is 267 cm³/mol. The van der Waals surface area contributed by atoms with Crippen LogP contribution in [0.3, 0.4) is 0 Å². The van der Waals surface area contributed by atoms with Gasteiger partial charge in [-0.3, -0.25) is 4.90 Å².